The first-order chi connectivity index (χ1) is 8.85. The molecule has 1 aromatic heterocycles. The molecule has 1 aliphatic carbocycles. The first kappa shape index (κ1) is 13.4. The summed E-state index contributed by atoms with van der Waals surface area (Å²) in [5.41, 5.74) is 0. The highest BCUT2D eigenvalue weighted by molar-refractivity contribution is 5.32. The fourth-order valence-corrected chi connectivity index (χ4v) is 3.03. The van der Waals surface area contributed by atoms with Crippen LogP contribution in [0, 0.1) is 5.92 Å². The summed E-state index contributed by atoms with van der Waals surface area (Å²) < 4.78 is 1.99. The van der Waals surface area contributed by atoms with Crippen molar-refractivity contribution in [2.75, 3.05) is 5.32 Å². The van der Waals surface area contributed by atoms with E-state index in [1.165, 1.54) is 38.5 Å². The van der Waals surface area contributed by atoms with Crippen molar-refractivity contribution in [3.05, 3.63) is 6.20 Å². The van der Waals surface area contributed by atoms with Crippen LogP contribution in [-0.2, 0) is 6.54 Å². The minimum atomic E-state index is 0.583. The maximum Gasteiger partial charge on any atom is 0.145 e. The Morgan fingerprint density at radius 1 is 1.33 bits per heavy atom. The van der Waals surface area contributed by atoms with Crippen molar-refractivity contribution in [1.82, 2.24) is 15.0 Å². The molecule has 2 rings (SSSR count). The minimum absolute atomic E-state index is 0.583. The van der Waals surface area contributed by atoms with E-state index in [4.69, 9.17) is 0 Å². The molecule has 1 atom stereocenters. The van der Waals surface area contributed by atoms with Gasteiger partial charge in [-0.15, -0.1) is 5.10 Å². The number of hydrogen-bond acceptors (Lipinski definition) is 3. The molecule has 1 N–H and O–H groups in total. The molecule has 0 bridgehead atoms. The van der Waals surface area contributed by atoms with Gasteiger partial charge in [0.2, 0.25) is 0 Å². The summed E-state index contributed by atoms with van der Waals surface area (Å²) in [5, 5.41) is 11.8. The number of hydrogen-bond donors (Lipinski definition) is 1. The highest BCUT2D eigenvalue weighted by Crippen LogP contribution is 2.29. The first-order valence-electron chi connectivity index (χ1n) is 7.50. The van der Waals surface area contributed by atoms with E-state index in [-0.39, 0.29) is 0 Å². The zero-order valence-electron chi connectivity index (χ0n) is 11.7. The summed E-state index contributed by atoms with van der Waals surface area (Å²) in [6.07, 6.45) is 11.1. The second-order valence-electron chi connectivity index (χ2n) is 5.40. The molecule has 0 radical (unpaired) electrons. The van der Waals surface area contributed by atoms with E-state index in [0.717, 1.165) is 24.7 Å². The first-order valence-corrected chi connectivity index (χ1v) is 7.50. The monoisotopic (exact) mass is 250 g/mol. The molecule has 102 valence electrons. The Bertz CT molecular complexity index is 341. The maximum absolute atomic E-state index is 4.14. The Morgan fingerprint density at radius 2 is 2.11 bits per heavy atom. The SMILES string of the molecule is CCCn1nncc1NC(CC)C1CCCCC1. The van der Waals surface area contributed by atoms with Crippen LogP contribution in [0.2, 0.25) is 0 Å². The summed E-state index contributed by atoms with van der Waals surface area (Å²) in [4.78, 5) is 0. The highest BCUT2D eigenvalue weighted by Gasteiger charge is 2.23. The number of aromatic nitrogens is 3. The van der Waals surface area contributed by atoms with Gasteiger partial charge in [-0.2, -0.15) is 0 Å². The lowest BCUT2D eigenvalue weighted by molar-refractivity contribution is 0.312. The molecule has 1 saturated carbocycles. The van der Waals surface area contributed by atoms with Crippen LogP contribution in [0.1, 0.15) is 58.8 Å². The topological polar surface area (TPSA) is 42.7 Å². The lowest BCUT2D eigenvalue weighted by atomic mass is 9.83. The van der Waals surface area contributed by atoms with Crippen LogP contribution in [0.3, 0.4) is 0 Å². The van der Waals surface area contributed by atoms with Crippen molar-refractivity contribution >= 4 is 5.82 Å². The highest BCUT2D eigenvalue weighted by atomic mass is 15.5. The number of aryl methyl sites for hydroxylation is 1. The summed E-state index contributed by atoms with van der Waals surface area (Å²) in [5.74, 6) is 1.92. The van der Waals surface area contributed by atoms with E-state index in [1.54, 1.807) is 0 Å². The second kappa shape index (κ2) is 6.76. The van der Waals surface area contributed by atoms with Crippen LogP contribution in [0.15, 0.2) is 6.20 Å². The largest absolute Gasteiger partial charge is 0.366 e. The van der Waals surface area contributed by atoms with Gasteiger partial charge in [-0.1, -0.05) is 38.3 Å². The molecule has 1 fully saturated rings. The van der Waals surface area contributed by atoms with Crippen molar-refractivity contribution in [1.29, 1.82) is 0 Å². The molecule has 0 spiro atoms. The predicted octanol–water partition coefficient (Wildman–Crippen LogP) is 3.46. The van der Waals surface area contributed by atoms with Crippen LogP contribution < -0.4 is 5.32 Å². The predicted molar refractivity (Wildman–Crippen MR) is 74.6 cm³/mol. The molecule has 1 unspecified atom stereocenters. The second-order valence-corrected chi connectivity index (χ2v) is 5.40. The fourth-order valence-electron chi connectivity index (χ4n) is 3.03. The smallest absolute Gasteiger partial charge is 0.145 e. The van der Waals surface area contributed by atoms with Crippen molar-refractivity contribution in [2.24, 2.45) is 5.92 Å². The molecule has 18 heavy (non-hydrogen) atoms. The van der Waals surface area contributed by atoms with Gasteiger partial charge in [-0.25, -0.2) is 4.68 Å². The maximum atomic E-state index is 4.14. The van der Waals surface area contributed by atoms with Crippen LogP contribution in [0.5, 0.6) is 0 Å². The van der Waals surface area contributed by atoms with Gasteiger partial charge in [0.05, 0.1) is 6.20 Å². The van der Waals surface area contributed by atoms with Gasteiger partial charge >= 0.3 is 0 Å². The minimum Gasteiger partial charge on any atom is -0.366 e. The number of anilines is 1. The Hall–Kier alpha value is -1.06. The lowest BCUT2D eigenvalue weighted by Gasteiger charge is -2.30. The Morgan fingerprint density at radius 3 is 2.78 bits per heavy atom. The van der Waals surface area contributed by atoms with Gasteiger partial charge in [0.25, 0.3) is 0 Å². The van der Waals surface area contributed by atoms with Crippen LogP contribution in [0.4, 0.5) is 5.82 Å². The molecule has 4 heteroatoms. The molecule has 0 amide bonds. The lowest BCUT2D eigenvalue weighted by Crippen LogP contribution is -2.31. The Labute approximate surface area is 110 Å². The van der Waals surface area contributed by atoms with E-state index < -0.39 is 0 Å². The third kappa shape index (κ3) is 3.24. The third-order valence-corrected chi connectivity index (χ3v) is 4.05. The van der Waals surface area contributed by atoms with E-state index >= 15 is 0 Å². The Kier molecular flexibility index (Phi) is 5.02. The molecule has 1 aliphatic rings. The third-order valence-electron chi connectivity index (χ3n) is 4.05. The molecular formula is C14H26N4. The zero-order valence-corrected chi connectivity index (χ0v) is 11.7. The quantitative estimate of drug-likeness (QED) is 0.840. The average Bonchev–Trinajstić information content (AvgIpc) is 2.85. The standard InChI is InChI=1S/C14H26N4/c1-3-10-18-14(11-15-17-18)16-13(4-2)12-8-6-5-7-9-12/h11-13,16H,3-10H2,1-2H3. The van der Waals surface area contributed by atoms with Gasteiger partial charge in [-0.05, 0) is 31.6 Å². The van der Waals surface area contributed by atoms with Crippen molar-refractivity contribution in [2.45, 2.75) is 71.4 Å². The van der Waals surface area contributed by atoms with Crippen LogP contribution >= 0.6 is 0 Å². The van der Waals surface area contributed by atoms with Crippen molar-refractivity contribution in [3.63, 3.8) is 0 Å². The molecular weight excluding hydrogens is 224 g/mol. The van der Waals surface area contributed by atoms with Gasteiger partial charge < -0.3 is 5.32 Å². The molecule has 1 heterocycles. The van der Waals surface area contributed by atoms with E-state index in [2.05, 4.69) is 29.5 Å². The van der Waals surface area contributed by atoms with Crippen LogP contribution in [-0.4, -0.2) is 21.0 Å². The molecule has 0 aromatic carbocycles. The van der Waals surface area contributed by atoms with E-state index in [0.29, 0.717) is 6.04 Å². The molecule has 0 aliphatic heterocycles. The summed E-state index contributed by atoms with van der Waals surface area (Å²) in [6.45, 7) is 5.40. The van der Waals surface area contributed by atoms with Crippen LogP contribution in [0.25, 0.3) is 0 Å². The molecule has 0 saturated heterocycles. The van der Waals surface area contributed by atoms with Gasteiger partial charge in [0.1, 0.15) is 5.82 Å². The van der Waals surface area contributed by atoms with Crippen molar-refractivity contribution < 1.29 is 0 Å². The van der Waals surface area contributed by atoms with Gasteiger partial charge in [0.15, 0.2) is 0 Å². The van der Waals surface area contributed by atoms with Crippen molar-refractivity contribution in [3.8, 4) is 0 Å². The summed E-state index contributed by atoms with van der Waals surface area (Å²) >= 11 is 0. The molecule has 1 aromatic rings. The Balaban J connectivity index is 1.98. The zero-order chi connectivity index (χ0) is 12.8. The van der Waals surface area contributed by atoms with E-state index in [1.807, 2.05) is 10.9 Å². The molecule has 4 nitrogen and oxygen atoms in total. The fraction of sp³-hybridized carbons (Fsp3) is 0.857. The average molecular weight is 250 g/mol. The number of rotatable bonds is 6. The summed E-state index contributed by atoms with van der Waals surface area (Å²) in [6, 6.07) is 0.583. The number of nitrogens with zero attached hydrogens (tertiary/aromatic N) is 3. The normalized spacial score (nSPS) is 18.8. The summed E-state index contributed by atoms with van der Waals surface area (Å²) in [7, 11) is 0. The number of nitrogens with one attached hydrogen (secondary N) is 1. The van der Waals surface area contributed by atoms with Gasteiger partial charge in [-0.3, -0.25) is 0 Å². The van der Waals surface area contributed by atoms with E-state index in [9.17, 15) is 0 Å². The van der Waals surface area contributed by atoms with Gasteiger partial charge in [0, 0.05) is 12.6 Å².